The number of nitrogens with one attached hydrogen (secondary N) is 2. The Morgan fingerprint density at radius 3 is 2.67 bits per heavy atom. The molecular weight excluding hydrogens is 380 g/mol. The van der Waals surface area contributed by atoms with Crippen LogP contribution in [0.1, 0.15) is 21.7 Å². The maximum Gasteiger partial charge on any atom is 0.254 e. The zero-order valence-corrected chi connectivity index (χ0v) is 16.8. The van der Waals surface area contributed by atoms with Crippen LogP contribution in [0, 0.1) is 13.8 Å². The van der Waals surface area contributed by atoms with Crippen LogP contribution in [0.3, 0.4) is 0 Å². The Balaban J connectivity index is 1.32. The fourth-order valence-electron chi connectivity index (χ4n) is 3.04. The number of hydrogen-bond acceptors (Lipinski definition) is 6. The molecule has 4 rings (SSSR count). The summed E-state index contributed by atoms with van der Waals surface area (Å²) in [6, 6.07) is 13.4. The summed E-state index contributed by atoms with van der Waals surface area (Å²) in [6.45, 7) is 4.76. The van der Waals surface area contributed by atoms with Crippen molar-refractivity contribution < 1.29 is 4.79 Å². The molecule has 0 saturated heterocycles. The highest BCUT2D eigenvalue weighted by Gasteiger charge is 2.14. The molecule has 9 heteroatoms. The Morgan fingerprint density at radius 2 is 1.90 bits per heavy atom. The van der Waals surface area contributed by atoms with E-state index in [9.17, 15) is 4.79 Å². The largest absolute Gasteiger partial charge is 0.368 e. The van der Waals surface area contributed by atoms with E-state index in [0.29, 0.717) is 30.3 Å². The molecule has 0 unspecified atom stereocenters. The molecule has 3 aromatic heterocycles. The number of rotatable bonds is 7. The van der Waals surface area contributed by atoms with Crippen LogP contribution in [0.25, 0.3) is 11.5 Å². The number of nitrogens with zero attached hydrogens (tertiary/aromatic N) is 6. The molecule has 0 saturated carbocycles. The Bertz CT molecular complexity index is 1150. The van der Waals surface area contributed by atoms with Gasteiger partial charge in [-0.05, 0) is 32.0 Å². The average Bonchev–Trinajstić information content (AvgIpc) is 3.38. The molecular formula is C21H22N8O. The average molecular weight is 402 g/mol. The van der Waals surface area contributed by atoms with E-state index in [4.69, 9.17) is 0 Å². The molecule has 2 N–H and O–H groups in total. The lowest BCUT2D eigenvalue weighted by molar-refractivity contribution is 0.0954. The molecule has 152 valence electrons. The molecule has 9 nitrogen and oxygen atoms in total. The van der Waals surface area contributed by atoms with E-state index in [0.717, 1.165) is 17.1 Å². The Morgan fingerprint density at radius 1 is 1.07 bits per heavy atom. The third-order valence-electron chi connectivity index (χ3n) is 4.58. The molecule has 3 heterocycles. The van der Waals surface area contributed by atoms with E-state index in [1.54, 1.807) is 15.6 Å². The van der Waals surface area contributed by atoms with Gasteiger partial charge in [0.25, 0.3) is 5.91 Å². The Kier molecular flexibility index (Phi) is 5.51. The lowest BCUT2D eigenvalue weighted by Crippen LogP contribution is -2.29. The first-order valence-corrected chi connectivity index (χ1v) is 9.58. The normalized spacial score (nSPS) is 10.7. The first-order chi connectivity index (χ1) is 14.6. The highest BCUT2D eigenvalue weighted by molar-refractivity contribution is 5.95. The fourth-order valence-corrected chi connectivity index (χ4v) is 3.04. The summed E-state index contributed by atoms with van der Waals surface area (Å²) >= 11 is 0. The molecule has 0 aliphatic carbocycles. The summed E-state index contributed by atoms with van der Waals surface area (Å²) in [4.78, 5) is 21.0. The van der Waals surface area contributed by atoms with Gasteiger partial charge in [0.05, 0.1) is 28.8 Å². The maximum atomic E-state index is 12.5. The quantitative estimate of drug-likeness (QED) is 0.460. The highest BCUT2D eigenvalue weighted by atomic mass is 16.1. The lowest BCUT2D eigenvalue weighted by atomic mass is 10.2. The molecule has 0 fully saturated rings. The van der Waals surface area contributed by atoms with Gasteiger partial charge in [0.1, 0.15) is 12.1 Å². The number of carbonyl (C=O) groups is 1. The van der Waals surface area contributed by atoms with Crippen molar-refractivity contribution >= 4 is 11.7 Å². The highest BCUT2D eigenvalue weighted by Crippen LogP contribution is 2.13. The van der Waals surface area contributed by atoms with Gasteiger partial charge in [-0.3, -0.25) is 4.79 Å². The van der Waals surface area contributed by atoms with Crippen molar-refractivity contribution in [3.05, 3.63) is 78.1 Å². The van der Waals surface area contributed by atoms with Gasteiger partial charge in [-0.15, -0.1) is 0 Å². The summed E-state index contributed by atoms with van der Waals surface area (Å²) in [5, 5.41) is 14.8. The minimum atomic E-state index is -0.160. The van der Waals surface area contributed by atoms with E-state index in [1.807, 2.05) is 62.5 Å². The van der Waals surface area contributed by atoms with Crippen LogP contribution < -0.4 is 10.6 Å². The number of para-hydroxylation sites is 1. The second-order valence-electron chi connectivity index (χ2n) is 6.74. The molecule has 0 atom stereocenters. The van der Waals surface area contributed by atoms with Gasteiger partial charge in [-0.2, -0.15) is 10.2 Å². The molecule has 1 aromatic carbocycles. The zero-order chi connectivity index (χ0) is 20.9. The SMILES string of the molecule is Cc1ccn(-c2cc(NCCNC(=O)c3cnn(-c4ccccc4)c3C)ncn2)n1. The number of hydrogen-bond donors (Lipinski definition) is 2. The van der Waals surface area contributed by atoms with E-state index >= 15 is 0 Å². The minimum absolute atomic E-state index is 0.160. The van der Waals surface area contributed by atoms with Crippen LogP contribution in [0.5, 0.6) is 0 Å². The first kappa shape index (κ1) is 19.3. The second kappa shape index (κ2) is 8.56. The predicted molar refractivity (Wildman–Crippen MR) is 113 cm³/mol. The van der Waals surface area contributed by atoms with Crippen molar-refractivity contribution in [1.29, 1.82) is 0 Å². The van der Waals surface area contributed by atoms with Crippen LogP contribution in [0.4, 0.5) is 5.82 Å². The number of benzene rings is 1. The summed E-state index contributed by atoms with van der Waals surface area (Å²) in [6.07, 6.45) is 4.92. The second-order valence-corrected chi connectivity index (χ2v) is 6.74. The van der Waals surface area contributed by atoms with Crippen molar-refractivity contribution in [2.45, 2.75) is 13.8 Å². The van der Waals surface area contributed by atoms with Crippen molar-refractivity contribution in [1.82, 2.24) is 34.8 Å². The van der Waals surface area contributed by atoms with Gasteiger partial charge in [0.15, 0.2) is 5.82 Å². The molecule has 0 bridgehead atoms. The monoisotopic (exact) mass is 402 g/mol. The smallest absolute Gasteiger partial charge is 0.254 e. The van der Waals surface area contributed by atoms with Crippen molar-refractivity contribution in [2.24, 2.45) is 0 Å². The van der Waals surface area contributed by atoms with E-state index < -0.39 is 0 Å². The van der Waals surface area contributed by atoms with Crippen LogP contribution in [-0.2, 0) is 0 Å². The van der Waals surface area contributed by atoms with Gasteiger partial charge >= 0.3 is 0 Å². The van der Waals surface area contributed by atoms with Crippen LogP contribution in [-0.4, -0.2) is 48.5 Å². The summed E-state index contributed by atoms with van der Waals surface area (Å²) in [5.41, 5.74) is 3.18. The number of aromatic nitrogens is 6. The summed E-state index contributed by atoms with van der Waals surface area (Å²) in [5.74, 6) is 1.18. The number of carbonyl (C=O) groups excluding carboxylic acids is 1. The third-order valence-corrected chi connectivity index (χ3v) is 4.58. The third kappa shape index (κ3) is 4.19. The molecule has 1 amide bonds. The minimum Gasteiger partial charge on any atom is -0.368 e. The van der Waals surface area contributed by atoms with Crippen LogP contribution in [0.15, 0.2) is 61.2 Å². The predicted octanol–water partition coefficient (Wildman–Crippen LogP) is 2.31. The molecule has 30 heavy (non-hydrogen) atoms. The number of amides is 1. The van der Waals surface area contributed by atoms with Gasteiger partial charge in [0, 0.05) is 25.4 Å². The van der Waals surface area contributed by atoms with Gasteiger partial charge in [-0.25, -0.2) is 19.3 Å². The number of aryl methyl sites for hydroxylation is 1. The van der Waals surface area contributed by atoms with E-state index in [1.165, 1.54) is 6.33 Å². The zero-order valence-electron chi connectivity index (χ0n) is 16.8. The molecule has 0 spiro atoms. The van der Waals surface area contributed by atoms with E-state index in [2.05, 4.69) is 30.8 Å². The van der Waals surface area contributed by atoms with Gasteiger partial charge in [0.2, 0.25) is 0 Å². The lowest BCUT2D eigenvalue weighted by Gasteiger charge is -2.09. The number of anilines is 1. The first-order valence-electron chi connectivity index (χ1n) is 9.58. The summed E-state index contributed by atoms with van der Waals surface area (Å²) in [7, 11) is 0. The molecule has 4 aromatic rings. The van der Waals surface area contributed by atoms with Crippen LogP contribution in [0.2, 0.25) is 0 Å². The molecule has 0 radical (unpaired) electrons. The van der Waals surface area contributed by atoms with Crippen molar-refractivity contribution in [2.75, 3.05) is 18.4 Å². The van der Waals surface area contributed by atoms with E-state index in [-0.39, 0.29) is 5.91 Å². The van der Waals surface area contributed by atoms with Gasteiger partial charge in [-0.1, -0.05) is 18.2 Å². The van der Waals surface area contributed by atoms with Crippen molar-refractivity contribution in [3.63, 3.8) is 0 Å². The molecule has 0 aliphatic rings. The summed E-state index contributed by atoms with van der Waals surface area (Å²) < 4.78 is 3.45. The fraction of sp³-hybridized carbons (Fsp3) is 0.190. The Labute approximate surface area is 173 Å². The maximum absolute atomic E-state index is 12.5. The van der Waals surface area contributed by atoms with Crippen molar-refractivity contribution in [3.8, 4) is 11.5 Å². The topological polar surface area (TPSA) is 103 Å². The molecule has 0 aliphatic heterocycles. The standard InChI is InChI=1S/C21H22N8O/c1-15-8-11-28(27-15)20-12-19(24-14-25-20)22-9-10-23-21(30)18-13-26-29(16(18)2)17-6-4-3-5-7-17/h3-8,11-14H,9-10H2,1-2H3,(H,23,30)(H,22,24,25). The Hall–Kier alpha value is -4.01. The van der Waals surface area contributed by atoms with Gasteiger partial charge < -0.3 is 10.6 Å². The van der Waals surface area contributed by atoms with Crippen LogP contribution >= 0.6 is 0 Å².